The van der Waals surface area contributed by atoms with E-state index in [4.69, 9.17) is 4.74 Å². The summed E-state index contributed by atoms with van der Waals surface area (Å²) >= 11 is 1.83. The van der Waals surface area contributed by atoms with Crippen molar-refractivity contribution in [1.29, 1.82) is 0 Å². The van der Waals surface area contributed by atoms with Crippen LogP contribution in [0.25, 0.3) is 0 Å². The van der Waals surface area contributed by atoms with E-state index in [-0.39, 0.29) is 0 Å². The fourth-order valence-electron chi connectivity index (χ4n) is 1.95. The molecule has 0 amide bonds. The lowest BCUT2D eigenvalue weighted by atomic mass is 10.2. The zero-order valence-electron chi connectivity index (χ0n) is 11.1. The third kappa shape index (κ3) is 3.34. The standard InChI is InChI=1S/C15H19NOS/c1-12-7-8-18-15(12)11-16(2)10-13-5-4-6-14(9-13)17-3/h4-9H,10-11H2,1-3H3. The molecular formula is C15H19NOS. The molecule has 0 saturated carbocycles. The van der Waals surface area contributed by atoms with Gasteiger partial charge in [-0.15, -0.1) is 11.3 Å². The van der Waals surface area contributed by atoms with Gasteiger partial charge < -0.3 is 4.74 Å². The lowest BCUT2D eigenvalue weighted by Gasteiger charge is -2.16. The van der Waals surface area contributed by atoms with Gasteiger partial charge in [0.05, 0.1) is 7.11 Å². The molecule has 2 rings (SSSR count). The van der Waals surface area contributed by atoms with Crippen LogP contribution in [-0.2, 0) is 13.1 Å². The van der Waals surface area contributed by atoms with Gasteiger partial charge in [0.15, 0.2) is 0 Å². The Labute approximate surface area is 113 Å². The summed E-state index contributed by atoms with van der Waals surface area (Å²) in [5, 5.41) is 2.16. The third-order valence-electron chi connectivity index (χ3n) is 2.97. The number of rotatable bonds is 5. The third-order valence-corrected chi connectivity index (χ3v) is 3.98. The quantitative estimate of drug-likeness (QED) is 0.813. The first kappa shape index (κ1) is 13.1. The van der Waals surface area contributed by atoms with E-state index in [2.05, 4.69) is 42.5 Å². The molecule has 1 aromatic carbocycles. The Hall–Kier alpha value is -1.32. The van der Waals surface area contributed by atoms with Gasteiger partial charge in [0.25, 0.3) is 0 Å². The molecule has 1 heterocycles. The van der Waals surface area contributed by atoms with Crippen molar-refractivity contribution in [2.45, 2.75) is 20.0 Å². The highest BCUT2D eigenvalue weighted by molar-refractivity contribution is 7.10. The van der Waals surface area contributed by atoms with Gasteiger partial charge in [0.2, 0.25) is 0 Å². The largest absolute Gasteiger partial charge is 0.497 e. The van der Waals surface area contributed by atoms with Crippen molar-refractivity contribution in [1.82, 2.24) is 4.90 Å². The molecule has 0 N–H and O–H groups in total. The smallest absolute Gasteiger partial charge is 0.119 e. The maximum absolute atomic E-state index is 5.24. The monoisotopic (exact) mass is 261 g/mol. The maximum atomic E-state index is 5.24. The van der Waals surface area contributed by atoms with E-state index in [1.807, 2.05) is 23.5 Å². The average molecular weight is 261 g/mol. The Kier molecular flexibility index (Phi) is 4.39. The average Bonchev–Trinajstić information content (AvgIpc) is 2.75. The summed E-state index contributed by atoms with van der Waals surface area (Å²) in [6.07, 6.45) is 0. The minimum absolute atomic E-state index is 0.924. The molecule has 2 aromatic rings. The number of aryl methyl sites for hydroxylation is 1. The molecule has 0 atom stereocenters. The van der Waals surface area contributed by atoms with Crippen molar-refractivity contribution in [2.75, 3.05) is 14.2 Å². The van der Waals surface area contributed by atoms with Crippen molar-refractivity contribution in [3.63, 3.8) is 0 Å². The second-order valence-corrected chi connectivity index (χ2v) is 5.55. The van der Waals surface area contributed by atoms with Crippen molar-refractivity contribution in [3.05, 3.63) is 51.7 Å². The summed E-state index contributed by atoms with van der Waals surface area (Å²) in [4.78, 5) is 3.77. The fourth-order valence-corrected chi connectivity index (χ4v) is 2.93. The van der Waals surface area contributed by atoms with Gasteiger partial charge in [-0.3, -0.25) is 4.90 Å². The van der Waals surface area contributed by atoms with Crippen LogP contribution in [0.4, 0.5) is 0 Å². The second kappa shape index (κ2) is 6.03. The Morgan fingerprint density at radius 2 is 2.06 bits per heavy atom. The highest BCUT2D eigenvalue weighted by Crippen LogP contribution is 2.19. The number of ether oxygens (including phenoxy) is 1. The highest BCUT2D eigenvalue weighted by Gasteiger charge is 2.05. The molecule has 1 aromatic heterocycles. The second-order valence-electron chi connectivity index (χ2n) is 4.55. The highest BCUT2D eigenvalue weighted by atomic mass is 32.1. The normalized spacial score (nSPS) is 10.9. The lowest BCUT2D eigenvalue weighted by Crippen LogP contribution is -2.16. The first-order valence-corrected chi connectivity index (χ1v) is 6.91. The van der Waals surface area contributed by atoms with E-state index in [1.165, 1.54) is 16.0 Å². The van der Waals surface area contributed by atoms with Gasteiger partial charge in [-0.05, 0) is 48.7 Å². The van der Waals surface area contributed by atoms with Crippen LogP contribution in [0.15, 0.2) is 35.7 Å². The van der Waals surface area contributed by atoms with E-state index >= 15 is 0 Å². The molecule has 0 radical (unpaired) electrons. The van der Waals surface area contributed by atoms with Gasteiger partial charge in [-0.25, -0.2) is 0 Å². The van der Waals surface area contributed by atoms with Gasteiger partial charge >= 0.3 is 0 Å². The number of hydrogen-bond acceptors (Lipinski definition) is 3. The van der Waals surface area contributed by atoms with Crippen molar-refractivity contribution >= 4 is 11.3 Å². The van der Waals surface area contributed by atoms with Gasteiger partial charge in [-0.2, -0.15) is 0 Å². The molecule has 96 valence electrons. The number of hydrogen-bond donors (Lipinski definition) is 0. The van der Waals surface area contributed by atoms with Crippen LogP contribution in [0.1, 0.15) is 16.0 Å². The summed E-state index contributed by atoms with van der Waals surface area (Å²) in [6.45, 7) is 4.11. The van der Waals surface area contributed by atoms with Crippen LogP contribution in [0, 0.1) is 6.92 Å². The van der Waals surface area contributed by atoms with E-state index in [1.54, 1.807) is 7.11 Å². The SMILES string of the molecule is COc1cccc(CN(C)Cc2sccc2C)c1. The summed E-state index contributed by atoms with van der Waals surface area (Å²) in [7, 11) is 3.86. The molecule has 0 fully saturated rings. The number of methoxy groups -OCH3 is 1. The first-order chi connectivity index (χ1) is 8.69. The Morgan fingerprint density at radius 1 is 1.22 bits per heavy atom. The molecule has 3 heteroatoms. The van der Waals surface area contributed by atoms with E-state index in [9.17, 15) is 0 Å². The fraction of sp³-hybridized carbons (Fsp3) is 0.333. The zero-order valence-corrected chi connectivity index (χ0v) is 12.0. The zero-order chi connectivity index (χ0) is 13.0. The number of nitrogens with zero attached hydrogens (tertiary/aromatic N) is 1. The van der Waals surface area contributed by atoms with Crippen LogP contribution in [0.2, 0.25) is 0 Å². The molecule has 0 spiro atoms. The van der Waals surface area contributed by atoms with E-state index < -0.39 is 0 Å². The van der Waals surface area contributed by atoms with E-state index in [0.717, 1.165) is 18.8 Å². The van der Waals surface area contributed by atoms with Crippen molar-refractivity contribution in [3.8, 4) is 5.75 Å². The minimum atomic E-state index is 0.924. The topological polar surface area (TPSA) is 12.5 Å². The van der Waals surface area contributed by atoms with Crippen LogP contribution in [0.5, 0.6) is 5.75 Å². The molecule has 0 saturated heterocycles. The molecule has 18 heavy (non-hydrogen) atoms. The summed E-state index contributed by atoms with van der Waals surface area (Å²) in [5.41, 5.74) is 2.67. The Balaban J connectivity index is 1.98. The Bertz CT molecular complexity index is 507. The maximum Gasteiger partial charge on any atom is 0.119 e. The number of benzene rings is 1. The molecule has 0 bridgehead atoms. The van der Waals surface area contributed by atoms with E-state index in [0.29, 0.717) is 0 Å². The minimum Gasteiger partial charge on any atom is -0.497 e. The predicted octanol–water partition coefficient (Wildman–Crippen LogP) is 3.70. The van der Waals surface area contributed by atoms with Gasteiger partial charge in [0.1, 0.15) is 5.75 Å². The van der Waals surface area contributed by atoms with Crippen LogP contribution in [-0.4, -0.2) is 19.1 Å². The molecular weight excluding hydrogens is 242 g/mol. The van der Waals surface area contributed by atoms with Gasteiger partial charge in [-0.1, -0.05) is 12.1 Å². The number of thiophene rings is 1. The van der Waals surface area contributed by atoms with Crippen molar-refractivity contribution in [2.24, 2.45) is 0 Å². The Morgan fingerprint density at radius 3 is 2.72 bits per heavy atom. The molecule has 0 aliphatic heterocycles. The first-order valence-electron chi connectivity index (χ1n) is 6.03. The van der Waals surface area contributed by atoms with Crippen LogP contribution in [0.3, 0.4) is 0 Å². The summed E-state index contributed by atoms with van der Waals surface area (Å²) < 4.78 is 5.24. The molecule has 2 nitrogen and oxygen atoms in total. The predicted molar refractivity (Wildman–Crippen MR) is 77.2 cm³/mol. The van der Waals surface area contributed by atoms with Crippen molar-refractivity contribution < 1.29 is 4.74 Å². The summed E-state index contributed by atoms with van der Waals surface area (Å²) in [5.74, 6) is 0.924. The van der Waals surface area contributed by atoms with Crippen LogP contribution < -0.4 is 4.74 Å². The summed E-state index contributed by atoms with van der Waals surface area (Å²) in [6, 6.07) is 10.4. The molecule has 0 unspecified atom stereocenters. The lowest BCUT2D eigenvalue weighted by molar-refractivity contribution is 0.320. The molecule has 0 aliphatic carbocycles. The van der Waals surface area contributed by atoms with Gasteiger partial charge in [0, 0.05) is 18.0 Å². The van der Waals surface area contributed by atoms with Crippen LogP contribution >= 0.6 is 11.3 Å². The molecule has 0 aliphatic rings.